The number of sulfonamides is 1. The lowest BCUT2D eigenvalue weighted by molar-refractivity contribution is -0.136. The molecule has 2 rings (SSSR count). The fourth-order valence-electron chi connectivity index (χ4n) is 1.94. The van der Waals surface area contributed by atoms with Gasteiger partial charge < -0.3 is 10.4 Å². The smallest absolute Gasteiger partial charge is 0.304 e. The Balaban J connectivity index is 2.19. The van der Waals surface area contributed by atoms with Crippen molar-refractivity contribution in [3.63, 3.8) is 0 Å². The summed E-state index contributed by atoms with van der Waals surface area (Å²) in [6.45, 7) is 1.72. The van der Waals surface area contributed by atoms with Crippen LogP contribution >= 0.6 is 11.8 Å². The lowest BCUT2D eigenvalue weighted by atomic mass is 10.2. The van der Waals surface area contributed by atoms with E-state index in [9.17, 15) is 18.0 Å². The summed E-state index contributed by atoms with van der Waals surface area (Å²) < 4.78 is 26.4. The number of carbonyl (C=O) groups is 2. The molecule has 0 spiro atoms. The number of carboxylic acid groups (broad SMARTS) is 1. The highest BCUT2D eigenvalue weighted by Gasteiger charge is 2.26. The molecule has 1 heterocycles. The number of rotatable bonds is 6. The number of carbonyl (C=O) groups excluding carboxylic acids is 1. The Morgan fingerprint density at radius 1 is 1.45 bits per heavy atom. The fourth-order valence-corrected chi connectivity index (χ4v) is 4.02. The zero-order chi connectivity index (χ0) is 16.3. The van der Waals surface area contributed by atoms with Crippen molar-refractivity contribution in [1.82, 2.24) is 4.72 Å². The van der Waals surface area contributed by atoms with Crippen molar-refractivity contribution in [2.45, 2.75) is 34.8 Å². The maximum Gasteiger partial charge on any atom is 0.304 e. The molecule has 0 fully saturated rings. The van der Waals surface area contributed by atoms with E-state index in [1.54, 1.807) is 6.07 Å². The van der Waals surface area contributed by atoms with Crippen LogP contribution in [0.15, 0.2) is 28.0 Å². The van der Waals surface area contributed by atoms with Crippen molar-refractivity contribution < 1.29 is 23.1 Å². The summed E-state index contributed by atoms with van der Waals surface area (Å²) in [5.74, 6) is -1.23. The number of carboxylic acids is 1. The Morgan fingerprint density at radius 2 is 2.18 bits per heavy atom. The van der Waals surface area contributed by atoms with Crippen molar-refractivity contribution in [1.29, 1.82) is 0 Å². The standard InChI is InChI=1S/C13H16N2O5S2/c1-2-10-13(18)15-9-7-8(3-4-11(9)21-10)22(19,20)14-6-5-12(16)17/h3-4,7,10,14H,2,5-6H2,1H3,(H,15,18)(H,16,17)/t10-/m1/s1. The normalized spacial score (nSPS) is 17.7. The van der Waals surface area contributed by atoms with E-state index in [4.69, 9.17) is 5.11 Å². The van der Waals surface area contributed by atoms with Crippen LogP contribution in [-0.2, 0) is 19.6 Å². The summed E-state index contributed by atoms with van der Waals surface area (Å²) in [4.78, 5) is 23.1. The molecule has 1 aromatic carbocycles. The van der Waals surface area contributed by atoms with Gasteiger partial charge in [-0.3, -0.25) is 9.59 Å². The quantitative estimate of drug-likeness (QED) is 0.716. The van der Waals surface area contributed by atoms with Crippen molar-refractivity contribution in [3.8, 4) is 0 Å². The average Bonchev–Trinajstić information content (AvgIpc) is 2.45. The van der Waals surface area contributed by atoms with Crippen molar-refractivity contribution in [2.75, 3.05) is 11.9 Å². The molecule has 7 nitrogen and oxygen atoms in total. The van der Waals surface area contributed by atoms with Gasteiger partial charge in [-0.1, -0.05) is 6.92 Å². The molecular weight excluding hydrogens is 328 g/mol. The third-order valence-electron chi connectivity index (χ3n) is 3.08. The summed E-state index contributed by atoms with van der Waals surface area (Å²) in [6.07, 6.45) is 0.391. The summed E-state index contributed by atoms with van der Waals surface area (Å²) in [5, 5.41) is 11.1. The minimum atomic E-state index is -3.80. The van der Waals surface area contributed by atoms with E-state index in [2.05, 4.69) is 10.0 Å². The fraction of sp³-hybridized carbons (Fsp3) is 0.385. The lowest BCUT2D eigenvalue weighted by Gasteiger charge is -2.23. The van der Waals surface area contributed by atoms with Gasteiger partial charge in [0.15, 0.2) is 0 Å². The molecule has 22 heavy (non-hydrogen) atoms. The van der Waals surface area contributed by atoms with Gasteiger partial charge in [0.1, 0.15) is 0 Å². The number of aliphatic carboxylic acids is 1. The molecule has 0 radical (unpaired) electrons. The molecule has 0 unspecified atom stereocenters. The molecule has 0 aromatic heterocycles. The van der Waals surface area contributed by atoms with Gasteiger partial charge in [-0.15, -0.1) is 11.8 Å². The maximum absolute atomic E-state index is 12.1. The van der Waals surface area contributed by atoms with Gasteiger partial charge in [0.05, 0.1) is 22.3 Å². The van der Waals surface area contributed by atoms with E-state index in [0.717, 1.165) is 4.90 Å². The number of hydrogen-bond acceptors (Lipinski definition) is 5. The van der Waals surface area contributed by atoms with E-state index in [1.807, 2.05) is 6.92 Å². The number of hydrogen-bond donors (Lipinski definition) is 3. The summed E-state index contributed by atoms with van der Waals surface area (Å²) in [5.41, 5.74) is 0.459. The number of nitrogens with one attached hydrogen (secondary N) is 2. The zero-order valence-corrected chi connectivity index (χ0v) is 13.5. The largest absolute Gasteiger partial charge is 0.481 e. The van der Waals surface area contributed by atoms with E-state index < -0.39 is 16.0 Å². The Bertz CT molecular complexity index is 702. The SMILES string of the molecule is CC[C@H]1Sc2ccc(S(=O)(=O)NCCC(=O)O)cc2NC1=O. The predicted molar refractivity (Wildman–Crippen MR) is 82.4 cm³/mol. The van der Waals surface area contributed by atoms with Gasteiger partial charge >= 0.3 is 5.97 Å². The maximum atomic E-state index is 12.1. The number of fused-ring (bicyclic) bond motifs is 1. The highest BCUT2D eigenvalue weighted by Crippen LogP contribution is 2.37. The van der Waals surface area contributed by atoms with Crippen LogP contribution in [0.25, 0.3) is 0 Å². The summed E-state index contributed by atoms with van der Waals surface area (Å²) >= 11 is 1.40. The summed E-state index contributed by atoms with van der Waals surface area (Å²) in [6, 6.07) is 4.47. The second-order valence-corrected chi connectivity index (χ2v) is 7.71. The Hall–Kier alpha value is -1.58. The third-order valence-corrected chi connectivity index (χ3v) is 5.98. The van der Waals surface area contributed by atoms with Crippen molar-refractivity contribution >= 4 is 39.3 Å². The zero-order valence-electron chi connectivity index (χ0n) is 11.8. The molecule has 3 N–H and O–H groups in total. The summed E-state index contributed by atoms with van der Waals surface area (Å²) in [7, 11) is -3.80. The molecule has 0 saturated carbocycles. The highest BCUT2D eigenvalue weighted by molar-refractivity contribution is 8.01. The Morgan fingerprint density at radius 3 is 2.82 bits per heavy atom. The first-order valence-corrected chi connectivity index (χ1v) is 9.03. The van der Waals surface area contributed by atoms with Crippen LogP contribution in [-0.4, -0.2) is 37.2 Å². The van der Waals surface area contributed by atoms with Gasteiger partial charge in [0, 0.05) is 11.4 Å². The third kappa shape index (κ3) is 3.79. The first-order valence-electron chi connectivity index (χ1n) is 6.66. The average molecular weight is 344 g/mol. The molecule has 1 aromatic rings. The van der Waals surface area contributed by atoms with Crippen LogP contribution < -0.4 is 10.0 Å². The van der Waals surface area contributed by atoms with E-state index in [-0.39, 0.29) is 29.0 Å². The van der Waals surface area contributed by atoms with Gasteiger partial charge in [-0.25, -0.2) is 13.1 Å². The first-order chi connectivity index (χ1) is 10.3. The topological polar surface area (TPSA) is 113 Å². The number of benzene rings is 1. The minimum absolute atomic E-state index is 0.00696. The second-order valence-electron chi connectivity index (χ2n) is 4.70. The van der Waals surface area contributed by atoms with E-state index >= 15 is 0 Å². The first kappa shape index (κ1) is 16.8. The van der Waals surface area contributed by atoms with E-state index in [1.165, 1.54) is 23.9 Å². The van der Waals surface area contributed by atoms with Crippen LogP contribution in [0.5, 0.6) is 0 Å². The van der Waals surface area contributed by atoms with Crippen molar-refractivity contribution in [3.05, 3.63) is 18.2 Å². The second kappa shape index (κ2) is 6.67. The highest BCUT2D eigenvalue weighted by atomic mass is 32.2. The molecule has 0 bridgehead atoms. The lowest BCUT2D eigenvalue weighted by Crippen LogP contribution is -2.29. The molecule has 9 heteroatoms. The molecule has 1 aliphatic heterocycles. The molecule has 1 atom stereocenters. The number of anilines is 1. The van der Waals surface area contributed by atoms with Gasteiger partial charge in [0.25, 0.3) is 0 Å². The number of thioether (sulfide) groups is 1. The molecular formula is C13H16N2O5S2. The van der Waals surface area contributed by atoms with Crippen LogP contribution in [0.2, 0.25) is 0 Å². The number of amides is 1. The van der Waals surface area contributed by atoms with Crippen LogP contribution in [0, 0.1) is 0 Å². The minimum Gasteiger partial charge on any atom is -0.481 e. The predicted octanol–water partition coefficient (Wildman–Crippen LogP) is 1.26. The molecule has 120 valence electrons. The molecule has 0 saturated heterocycles. The molecule has 1 amide bonds. The van der Waals surface area contributed by atoms with Crippen LogP contribution in [0.4, 0.5) is 5.69 Å². The van der Waals surface area contributed by atoms with E-state index in [0.29, 0.717) is 12.1 Å². The van der Waals surface area contributed by atoms with Gasteiger partial charge in [-0.05, 0) is 24.6 Å². The Kier molecular flexibility index (Phi) is 5.09. The van der Waals surface area contributed by atoms with Gasteiger partial charge in [-0.2, -0.15) is 0 Å². The Labute approximate surface area is 132 Å². The van der Waals surface area contributed by atoms with Crippen LogP contribution in [0.3, 0.4) is 0 Å². The monoisotopic (exact) mass is 344 g/mol. The van der Waals surface area contributed by atoms with Crippen molar-refractivity contribution in [2.24, 2.45) is 0 Å². The van der Waals surface area contributed by atoms with Crippen LogP contribution in [0.1, 0.15) is 19.8 Å². The van der Waals surface area contributed by atoms with Gasteiger partial charge in [0.2, 0.25) is 15.9 Å². The molecule has 1 aliphatic rings. The molecule has 0 aliphatic carbocycles.